The standard InChI is InChI=1S/C11H11F4N.ClH/c12-10(7-16)5-4-8-2-1-3-9(6-8)11(13,14)15;/h1-3,5-6H,4,7,16H2;1H/b10-5+;. The van der Waals surface area contributed by atoms with Crippen LogP contribution in [0.1, 0.15) is 11.1 Å². The summed E-state index contributed by atoms with van der Waals surface area (Å²) in [7, 11) is 0. The Morgan fingerprint density at radius 3 is 2.47 bits per heavy atom. The van der Waals surface area contributed by atoms with Gasteiger partial charge in [-0.1, -0.05) is 18.2 Å². The molecule has 1 rings (SSSR count). The molecule has 1 aromatic rings. The minimum atomic E-state index is -4.37. The van der Waals surface area contributed by atoms with Crippen molar-refractivity contribution in [3.05, 3.63) is 47.3 Å². The predicted octanol–water partition coefficient (Wildman–Crippen LogP) is 3.48. The second-order valence-corrected chi connectivity index (χ2v) is 3.26. The molecule has 1 aromatic carbocycles. The van der Waals surface area contributed by atoms with Gasteiger partial charge < -0.3 is 5.73 Å². The van der Waals surface area contributed by atoms with Crippen LogP contribution in [0.15, 0.2) is 36.2 Å². The van der Waals surface area contributed by atoms with Gasteiger partial charge in [0.15, 0.2) is 0 Å². The van der Waals surface area contributed by atoms with Crippen LogP contribution in [0.3, 0.4) is 0 Å². The fourth-order valence-electron chi connectivity index (χ4n) is 1.19. The van der Waals surface area contributed by atoms with E-state index in [2.05, 4.69) is 0 Å². The van der Waals surface area contributed by atoms with E-state index in [-0.39, 0.29) is 25.4 Å². The molecule has 0 aliphatic carbocycles. The zero-order valence-electron chi connectivity index (χ0n) is 8.80. The molecule has 6 heteroatoms. The number of nitrogens with two attached hydrogens (primary N) is 1. The number of alkyl halides is 3. The van der Waals surface area contributed by atoms with E-state index in [9.17, 15) is 17.6 Å². The van der Waals surface area contributed by atoms with Crippen LogP contribution in [0.2, 0.25) is 0 Å². The zero-order chi connectivity index (χ0) is 12.2. The van der Waals surface area contributed by atoms with Gasteiger partial charge in [0, 0.05) is 6.54 Å². The Kier molecular flexibility index (Phi) is 6.20. The molecule has 0 aliphatic rings. The molecule has 2 N–H and O–H groups in total. The van der Waals surface area contributed by atoms with E-state index in [1.807, 2.05) is 0 Å². The third-order valence-electron chi connectivity index (χ3n) is 2.01. The van der Waals surface area contributed by atoms with Crippen LogP contribution < -0.4 is 5.73 Å². The van der Waals surface area contributed by atoms with Crippen molar-refractivity contribution in [1.29, 1.82) is 0 Å². The van der Waals surface area contributed by atoms with Crippen LogP contribution in [0.25, 0.3) is 0 Å². The lowest BCUT2D eigenvalue weighted by atomic mass is 10.1. The Morgan fingerprint density at radius 1 is 1.29 bits per heavy atom. The molecule has 0 unspecified atom stereocenters. The van der Waals surface area contributed by atoms with E-state index < -0.39 is 17.6 Å². The molecule has 0 saturated carbocycles. The molecular weight excluding hydrogens is 258 g/mol. The summed E-state index contributed by atoms with van der Waals surface area (Å²) in [6.45, 7) is -0.237. The lowest BCUT2D eigenvalue weighted by Crippen LogP contribution is -2.05. The van der Waals surface area contributed by atoms with E-state index in [1.54, 1.807) is 0 Å². The van der Waals surface area contributed by atoms with Crippen molar-refractivity contribution in [2.45, 2.75) is 12.6 Å². The second kappa shape index (κ2) is 6.61. The first-order valence-corrected chi connectivity index (χ1v) is 4.64. The molecular formula is C11H12ClF4N. The second-order valence-electron chi connectivity index (χ2n) is 3.26. The Balaban J connectivity index is 0.00000256. The monoisotopic (exact) mass is 269 g/mol. The molecule has 0 heterocycles. The maximum atomic E-state index is 12.7. The molecule has 1 nitrogen and oxygen atoms in total. The lowest BCUT2D eigenvalue weighted by molar-refractivity contribution is -0.137. The van der Waals surface area contributed by atoms with Crippen LogP contribution in [-0.2, 0) is 12.6 Å². The van der Waals surface area contributed by atoms with Crippen molar-refractivity contribution in [1.82, 2.24) is 0 Å². The third kappa shape index (κ3) is 5.19. The summed E-state index contributed by atoms with van der Waals surface area (Å²) in [5, 5.41) is 0. The fraction of sp³-hybridized carbons (Fsp3) is 0.273. The van der Waals surface area contributed by atoms with Crippen LogP contribution in [-0.4, -0.2) is 6.54 Å². The smallest absolute Gasteiger partial charge is 0.325 e. The quantitative estimate of drug-likeness (QED) is 0.836. The average Bonchev–Trinajstić information content (AvgIpc) is 2.25. The molecule has 0 saturated heterocycles. The van der Waals surface area contributed by atoms with Crippen molar-refractivity contribution in [3.63, 3.8) is 0 Å². The van der Waals surface area contributed by atoms with Gasteiger partial charge in [0.25, 0.3) is 0 Å². The molecule has 0 fully saturated rings. The zero-order valence-corrected chi connectivity index (χ0v) is 9.61. The Labute approximate surface area is 103 Å². The van der Waals surface area contributed by atoms with Gasteiger partial charge in [-0.15, -0.1) is 12.4 Å². The van der Waals surface area contributed by atoms with E-state index in [0.29, 0.717) is 5.56 Å². The third-order valence-corrected chi connectivity index (χ3v) is 2.01. The number of hydrogen-bond donors (Lipinski definition) is 1. The minimum Gasteiger partial charge on any atom is -0.325 e. The Bertz CT molecular complexity index is 387. The van der Waals surface area contributed by atoms with Gasteiger partial charge in [0.05, 0.1) is 5.56 Å². The van der Waals surface area contributed by atoms with Crippen LogP contribution in [0.4, 0.5) is 17.6 Å². The molecule has 17 heavy (non-hydrogen) atoms. The molecule has 0 radical (unpaired) electrons. The normalized spacial score (nSPS) is 12.2. The highest BCUT2D eigenvalue weighted by Gasteiger charge is 2.30. The molecule has 0 amide bonds. The van der Waals surface area contributed by atoms with E-state index in [0.717, 1.165) is 12.1 Å². The van der Waals surface area contributed by atoms with E-state index in [1.165, 1.54) is 18.2 Å². The minimum absolute atomic E-state index is 0. The first kappa shape index (κ1) is 15.9. The van der Waals surface area contributed by atoms with Crippen LogP contribution in [0, 0.1) is 0 Å². The summed E-state index contributed by atoms with van der Waals surface area (Å²) < 4.78 is 49.6. The topological polar surface area (TPSA) is 26.0 Å². The maximum absolute atomic E-state index is 12.7. The highest BCUT2D eigenvalue weighted by Crippen LogP contribution is 2.29. The Hall–Kier alpha value is -1.07. The van der Waals surface area contributed by atoms with E-state index >= 15 is 0 Å². The van der Waals surface area contributed by atoms with Gasteiger partial charge in [-0.3, -0.25) is 0 Å². The van der Waals surface area contributed by atoms with Crippen molar-refractivity contribution in [3.8, 4) is 0 Å². The molecule has 0 atom stereocenters. The van der Waals surface area contributed by atoms with Crippen LogP contribution in [0.5, 0.6) is 0 Å². The first-order valence-electron chi connectivity index (χ1n) is 4.64. The van der Waals surface area contributed by atoms with Crippen molar-refractivity contribution >= 4 is 12.4 Å². The van der Waals surface area contributed by atoms with Crippen molar-refractivity contribution in [2.24, 2.45) is 5.73 Å². The van der Waals surface area contributed by atoms with E-state index in [4.69, 9.17) is 5.73 Å². The van der Waals surface area contributed by atoms with Gasteiger partial charge in [-0.25, -0.2) is 4.39 Å². The van der Waals surface area contributed by atoms with Gasteiger partial charge in [-0.2, -0.15) is 13.2 Å². The summed E-state index contributed by atoms with van der Waals surface area (Å²) >= 11 is 0. The molecule has 0 aliphatic heterocycles. The van der Waals surface area contributed by atoms with Gasteiger partial charge in [-0.05, 0) is 24.1 Å². The number of benzene rings is 1. The maximum Gasteiger partial charge on any atom is 0.416 e. The number of halogens is 5. The van der Waals surface area contributed by atoms with Crippen molar-refractivity contribution < 1.29 is 17.6 Å². The first-order chi connectivity index (χ1) is 7.43. The average molecular weight is 270 g/mol. The summed E-state index contributed by atoms with van der Waals surface area (Å²) in [5.41, 5.74) is 4.68. The molecule has 0 bridgehead atoms. The van der Waals surface area contributed by atoms with Gasteiger partial charge >= 0.3 is 6.18 Å². The largest absolute Gasteiger partial charge is 0.416 e. The van der Waals surface area contributed by atoms with Crippen molar-refractivity contribution in [2.75, 3.05) is 6.54 Å². The lowest BCUT2D eigenvalue weighted by Gasteiger charge is -2.07. The number of hydrogen-bond acceptors (Lipinski definition) is 1. The predicted molar refractivity (Wildman–Crippen MR) is 60.6 cm³/mol. The fourth-order valence-corrected chi connectivity index (χ4v) is 1.19. The van der Waals surface area contributed by atoms with Crippen LogP contribution >= 0.6 is 12.4 Å². The molecule has 0 aromatic heterocycles. The summed E-state index contributed by atoms with van der Waals surface area (Å²) in [4.78, 5) is 0. The summed E-state index contributed by atoms with van der Waals surface area (Å²) in [5.74, 6) is -0.530. The molecule has 96 valence electrons. The summed E-state index contributed by atoms with van der Waals surface area (Å²) in [6, 6.07) is 4.79. The van der Waals surface area contributed by atoms with Gasteiger partial charge in [0.1, 0.15) is 5.83 Å². The Morgan fingerprint density at radius 2 is 1.94 bits per heavy atom. The SMILES string of the molecule is Cl.NC/C(F)=C\Cc1cccc(C(F)(F)F)c1. The summed E-state index contributed by atoms with van der Waals surface area (Å²) in [6.07, 6.45) is -3.09. The highest BCUT2D eigenvalue weighted by atomic mass is 35.5. The van der Waals surface area contributed by atoms with Gasteiger partial charge in [0.2, 0.25) is 0 Å². The number of allylic oxidation sites excluding steroid dienone is 1. The number of rotatable bonds is 3. The molecule has 0 spiro atoms. The highest BCUT2D eigenvalue weighted by molar-refractivity contribution is 5.85.